The smallest absolute Gasteiger partial charge is 0.0296 e. The lowest BCUT2D eigenvalue weighted by Gasteiger charge is -2.04. The monoisotopic (exact) mass is 153 g/mol. The molecule has 62 valence electrons. The van der Waals surface area contributed by atoms with Crippen LogP contribution in [0.25, 0.3) is 10.4 Å². The second kappa shape index (κ2) is 2.15. The van der Waals surface area contributed by atoms with Crippen molar-refractivity contribution >= 4 is 0 Å². The van der Waals surface area contributed by atoms with Gasteiger partial charge in [0.05, 0.1) is 0 Å². The third-order valence-corrected chi connectivity index (χ3v) is 3.65. The maximum Gasteiger partial charge on any atom is 0.0296 e. The molecule has 0 spiro atoms. The predicted octanol–water partition coefficient (Wildman–Crippen LogP) is 2.98. The minimum absolute atomic E-state index is 0.348. The fourth-order valence-corrected chi connectivity index (χ4v) is 1.91. The Kier molecular flexibility index (Phi) is 1.64. The van der Waals surface area contributed by atoms with E-state index in [9.17, 15) is 0 Å². The van der Waals surface area contributed by atoms with Gasteiger partial charge in [-0.1, -0.05) is 32.8 Å². The van der Waals surface area contributed by atoms with Crippen molar-refractivity contribution in [3.05, 3.63) is 10.4 Å². The molecule has 0 unspecified atom stereocenters. The molecule has 3 nitrogen and oxygen atoms in total. The normalized spacial score (nSPS) is 25.8. The summed E-state index contributed by atoms with van der Waals surface area (Å²) in [5, 5.41) is 3.61. The lowest BCUT2D eigenvalue weighted by Crippen LogP contribution is -1.95. The topological polar surface area (TPSA) is 48.8 Å². The SMILES string of the molecule is CC1(C)C(CN=[N+]=[N-])C1(C)C. The van der Waals surface area contributed by atoms with Crippen LogP contribution in [0.3, 0.4) is 0 Å². The summed E-state index contributed by atoms with van der Waals surface area (Å²) in [6, 6.07) is 0. The van der Waals surface area contributed by atoms with Gasteiger partial charge in [0.1, 0.15) is 0 Å². The molecule has 0 bridgehead atoms. The number of rotatable bonds is 2. The molecule has 0 aliphatic heterocycles. The first-order valence-corrected chi connectivity index (χ1v) is 3.95. The van der Waals surface area contributed by atoms with Crippen LogP contribution in [0.15, 0.2) is 5.11 Å². The highest BCUT2D eigenvalue weighted by atomic mass is 15.1. The zero-order valence-electron chi connectivity index (χ0n) is 7.63. The van der Waals surface area contributed by atoms with Crippen LogP contribution in [0.1, 0.15) is 27.7 Å². The molecule has 0 aromatic heterocycles. The van der Waals surface area contributed by atoms with Crippen LogP contribution < -0.4 is 0 Å². The number of hydrogen-bond donors (Lipinski definition) is 0. The number of azide groups is 1. The highest BCUT2D eigenvalue weighted by Gasteiger charge is 2.63. The van der Waals surface area contributed by atoms with Gasteiger partial charge in [-0.25, -0.2) is 0 Å². The lowest BCUT2D eigenvalue weighted by atomic mass is 10.0. The molecule has 0 saturated heterocycles. The fourth-order valence-electron chi connectivity index (χ4n) is 1.91. The highest BCUT2D eigenvalue weighted by molar-refractivity contribution is 5.12. The van der Waals surface area contributed by atoms with E-state index in [0.717, 1.165) is 0 Å². The molecule has 1 fully saturated rings. The summed E-state index contributed by atoms with van der Waals surface area (Å²) in [6.07, 6.45) is 0. The summed E-state index contributed by atoms with van der Waals surface area (Å²) in [5.74, 6) is 0.561. The van der Waals surface area contributed by atoms with Gasteiger partial charge in [-0.15, -0.1) is 0 Å². The molecule has 1 aliphatic rings. The van der Waals surface area contributed by atoms with Crippen molar-refractivity contribution in [1.82, 2.24) is 0 Å². The minimum atomic E-state index is 0.348. The van der Waals surface area contributed by atoms with Crippen LogP contribution in [-0.2, 0) is 0 Å². The van der Waals surface area contributed by atoms with E-state index < -0.39 is 0 Å². The summed E-state index contributed by atoms with van der Waals surface area (Å²) in [7, 11) is 0. The molecule has 0 radical (unpaired) electrons. The van der Waals surface area contributed by atoms with Crippen molar-refractivity contribution < 1.29 is 0 Å². The van der Waals surface area contributed by atoms with Crippen LogP contribution in [0.5, 0.6) is 0 Å². The van der Waals surface area contributed by atoms with Gasteiger partial charge in [0.2, 0.25) is 0 Å². The Bertz CT molecular complexity index is 197. The van der Waals surface area contributed by atoms with Crippen LogP contribution in [0.4, 0.5) is 0 Å². The van der Waals surface area contributed by atoms with Crippen LogP contribution >= 0.6 is 0 Å². The lowest BCUT2D eigenvalue weighted by molar-refractivity contribution is 0.457. The van der Waals surface area contributed by atoms with Gasteiger partial charge >= 0.3 is 0 Å². The molecule has 0 aromatic rings. The molecule has 3 heteroatoms. The van der Waals surface area contributed by atoms with E-state index in [1.807, 2.05) is 0 Å². The van der Waals surface area contributed by atoms with Crippen molar-refractivity contribution in [3.63, 3.8) is 0 Å². The average molecular weight is 153 g/mol. The maximum atomic E-state index is 8.14. The van der Waals surface area contributed by atoms with Gasteiger partial charge < -0.3 is 0 Å². The number of nitrogens with zero attached hydrogens (tertiary/aromatic N) is 3. The Labute approximate surface area is 67.4 Å². The zero-order chi connectivity index (χ0) is 8.70. The largest absolute Gasteiger partial charge is 0.0937 e. The molecule has 0 amide bonds. The average Bonchev–Trinajstić information content (AvgIpc) is 2.23. The van der Waals surface area contributed by atoms with E-state index >= 15 is 0 Å². The molecule has 0 aromatic carbocycles. The predicted molar refractivity (Wildman–Crippen MR) is 45.1 cm³/mol. The first-order valence-electron chi connectivity index (χ1n) is 3.95. The Hall–Kier alpha value is -0.690. The molecule has 1 rings (SSSR count). The zero-order valence-corrected chi connectivity index (χ0v) is 7.63. The highest BCUT2D eigenvalue weighted by Crippen LogP contribution is 2.68. The maximum absolute atomic E-state index is 8.14. The van der Waals surface area contributed by atoms with Crippen LogP contribution in [-0.4, -0.2) is 6.54 Å². The van der Waals surface area contributed by atoms with Gasteiger partial charge in [0.25, 0.3) is 0 Å². The van der Waals surface area contributed by atoms with Crippen molar-refractivity contribution in [3.8, 4) is 0 Å². The van der Waals surface area contributed by atoms with E-state index in [-0.39, 0.29) is 0 Å². The molecular weight excluding hydrogens is 138 g/mol. The third kappa shape index (κ3) is 1.000. The van der Waals surface area contributed by atoms with E-state index in [1.54, 1.807) is 0 Å². The molecule has 0 atom stereocenters. The Balaban J connectivity index is 2.60. The quantitative estimate of drug-likeness (QED) is 0.332. The summed E-state index contributed by atoms with van der Waals surface area (Å²) in [5.41, 5.74) is 8.84. The summed E-state index contributed by atoms with van der Waals surface area (Å²) in [4.78, 5) is 2.77. The first-order chi connectivity index (χ1) is 4.94. The van der Waals surface area contributed by atoms with Crippen molar-refractivity contribution in [1.29, 1.82) is 0 Å². The fraction of sp³-hybridized carbons (Fsp3) is 1.00. The van der Waals surface area contributed by atoms with Gasteiger partial charge in [0.15, 0.2) is 0 Å². The van der Waals surface area contributed by atoms with E-state index in [4.69, 9.17) is 5.53 Å². The second-order valence-corrected chi connectivity index (χ2v) is 4.41. The molecular formula is C8H15N3. The molecule has 11 heavy (non-hydrogen) atoms. The Morgan fingerprint density at radius 2 is 1.73 bits per heavy atom. The summed E-state index contributed by atoms with van der Waals surface area (Å²) >= 11 is 0. The molecule has 1 saturated carbocycles. The van der Waals surface area contributed by atoms with E-state index in [0.29, 0.717) is 23.3 Å². The Morgan fingerprint density at radius 1 is 1.27 bits per heavy atom. The number of hydrogen-bond acceptors (Lipinski definition) is 1. The summed E-state index contributed by atoms with van der Waals surface area (Å²) in [6.45, 7) is 9.56. The van der Waals surface area contributed by atoms with Crippen molar-refractivity contribution in [2.75, 3.05) is 6.54 Å². The first kappa shape index (κ1) is 8.41. The summed E-state index contributed by atoms with van der Waals surface area (Å²) < 4.78 is 0. The van der Waals surface area contributed by atoms with E-state index in [2.05, 4.69) is 37.7 Å². The minimum Gasteiger partial charge on any atom is -0.0937 e. The Morgan fingerprint density at radius 3 is 2.00 bits per heavy atom. The van der Waals surface area contributed by atoms with Gasteiger partial charge in [-0.05, 0) is 22.3 Å². The third-order valence-electron chi connectivity index (χ3n) is 3.65. The molecule has 0 N–H and O–H groups in total. The van der Waals surface area contributed by atoms with Gasteiger partial charge in [-0.3, -0.25) is 0 Å². The van der Waals surface area contributed by atoms with Crippen molar-refractivity contribution in [2.45, 2.75) is 27.7 Å². The molecule has 1 aliphatic carbocycles. The van der Waals surface area contributed by atoms with Crippen LogP contribution in [0, 0.1) is 16.7 Å². The standard InChI is InChI=1S/C8H15N3/c1-7(2)6(5-10-11-9)8(7,3)4/h6H,5H2,1-4H3. The van der Waals surface area contributed by atoms with Gasteiger partial charge in [0, 0.05) is 11.5 Å². The second-order valence-electron chi connectivity index (χ2n) is 4.41. The van der Waals surface area contributed by atoms with E-state index in [1.165, 1.54) is 0 Å². The van der Waals surface area contributed by atoms with Crippen molar-refractivity contribution in [2.24, 2.45) is 21.9 Å². The molecule has 0 heterocycles. The van der Waals surface area contributed by atoms with Crippen LogP contribution in [0.2, 0.25) is 0 Å². The van der Waals surface area contributed by atoms with Gasteiger partial charge in [-0.2, -0.15) is 0 Å².